The number of imidazole rings is 1. The highest BCUT2D eigenvalue weighted by atomic mass is 32.1. The first kappa shape index (κ1) is 18.5. The van der Waals surface area contributed by atoms with Gasteiger partial charge in [-0.15, -0.1) is 0 Å². The number of H-pyrrole nitrogens is 1. The molecule has 146 valence electrons. The Morgan fingerprint density at radius 3 is 2.70 bits per heavy atom. The van der Waals surface area contributed by atoms with Gasteiger partial charge in [-0.3, -0.25) is 9.47 Å². The average Bonchev–Trinajstić information content (AvgIpc) is 3.04. The summed E-state index contributed by atoms with van der Waals surface area (Å²) in [5.74, 6) is 0. The molecule has 0 unspecified atom stereocenters. The summed E-state index contributed by atoms with van der Waals surface area (Å²) in [4.78, 5) is 20.0. The van der Waals surface area contributed by atoms with Gasteiger partial charge in [0.1, 0.15) is 0 Å². The minimum Gasteiger partial charge on any atom is -0.379 e. The first-order valence-corrected chi connectivity index (χ1v) is 10.2. The maximum atomic E-state index is 12.4. The second-order valence-corrected chi connectivity index (χ2v) is 7.61. The third-order valence-corrected chi connectivity index (χ3v) is 5.95. The zero-order valence-corrected chi connectivity index (χ0v) is 16.3. The Morgan fingerprint density at radius 1 is 1.19 bits per heavy atom. The van der Waals surface area contributed by atoms with Crippen LogP contribution in [0.15, 0.2) is 29.1 Å². The molecular weight excluding hydrogens is 362 g/mol. The molecule has 27 heavy (non-hydrogen) atoms. The van der Waals surface area contributed by atoms with Crippen molar-refractivity contribution in [2.24, 2.45) is 0 Å². The molecule has 0 spiro atoms. The Kier molecular flexibility index (Phi) is 5.75. The van der Waals surface area contributed by atoms with Crippen molar-refractivity contribution in [2.45, 2.75) is 18.9 Å². The van der Waals surface area contributed by atoms with Crippen molar-refractivity contribution in [2.75, 3.05) is 52.5 Å². The second-order valence-electron chi connectivity index (χ2n) is 7.22. The molecule has 1 aromatic carbocycles. The number of aromatic nitrogens is 2. The van der Waals surface area contributed by atoms with E-state index in [1.54, 1.807) is 0 Å². The third kappa shape index (κ3) is 4.17. The van der Waals surface area contributed by atoms with E-state index < -0.39 is 0 Å². The lowest BCUT2D eigenvalue weighted by Crippen LogP contribution is -2.47. The van der Waals surface area contributed by atoms with Crippen molar-refractivity contribution >= 4 is 28.4 Å². The van der Waals surface area contributed by atoms with E-state index in [2.05, 4.69) is 20.1 Å². The SMILES string of the molecule is O=c1[nH]c2ccccc2n1C1CCN(C(=S)NCCN2CCOCC2)CC1. The number of thiocarbonyl (C=S) groups is 1. The Labute approximate surface area is 164 Å². The van der Waals surface area contributed by atoms with Crippen LogP contribution in [-0.4, -0.2) is 76.9 Å². The molecule has 4 rings (SSSR count). The van der Waals surface area contributed by atoms with Crippen LogP contribution in [0.2, 0.25) is 0 Å². The van der Waals surface area contributed by atoms with Gasteiger partial charge in [-0.25, -0.2) is 4.79 Å². The number of likely N-dealkylation sites (tertiary alicyclic amines) is 1. The van der Waals surface area contributed by atoms with Gasteiger partial charge in [0.05, 0.1) is 24.2 Å². The molecule has 2 fully saturated rings. The molecule has 2 saturated heterocycles. The van der Waals surface area contributed by atoms with Gasteiger partial charge in [0.25, 0.3) is 0 Å². The summed E-state index contributed by atoms with van der Waals surface area (Å²) in [5.41, 5.74) is 1.89. The predicted octanol–water partition coefficient (Wildman–Crippen LogP) is 1.17. The predicted molar refractivity (Wildman–Crippen MR) is 110 cm³/mol. The number of benzene rings is 1. The fourth-order valence-electron chi connectivity index (χ4n) is 4.02. The highest BCUT2D eigenvalue weighted by Crippen LogP contribution is 2.24. The van der Waals surface area contributed by atoms with Crippen LogP contribution in [0.1, 0.15) is 18.9 Å². The van der Waals surface area contributed by atoms with E-state index >= 15 is 0 Å². The minimum atomic E-state index is -0.0131. The van der Waals surface area contributed by atoms with Crippen LogP contribution in [0.3, 0.4) is 0 Å². The Balaban J connectivity index is 1.28. The Bertz CT molecular complexity index is 834. The monoisotopic (exact) mass is 389 g/mol. The molecule has 2 N–H and O–H groups in total. The van der Waals surface area contributed by atoms with Crippen molar-refractivity contribution < 1.29 is 4.74 Å². The van der Waals surface area contributed by atoms with Crippen molar-refractivity contribution in [1.29, 1.82) is 0 Å². The summed E-state index contributed by atoms with van der Waals surface area (Å²) in [6.07, 6.45) is 1.85. The van der Waals surface area contributed by atoms with Gasteiger partial charge in [-0.2, -0.15) is 0 Å². The molecule has 0 amide bonds. The highest BCUT2D eigenvalue weighted by molar-refractivity contribution is 7.80. The van der Waals surface area contributed by atoms with Gasteiger partial charge in [0.15, 0.2) is 5.11 Å². The number of aromatic amines is 1. The fourth-order valence-corrected chi connectivity index (χ4v) is 4.31. The number of fused-ring (bicyclic) bond motifs is 1. The van der Waals surface area contributed by atoms with Gasteiger partial charge in [0, 0.05) is 45.3 Å². The maximum absolute atomic E-state index is 12.4. The average molecular weight is 390 g/mol. The molecule has 8 heteroatoms. The summed E-state index contributed by atoms with van der Waals surface area (Å²) in [6.45, 7) is 7.25. The lowest BCUT2D eigenvalue weighted by Gasteiger charge is -2.34. The van der Waals surface area contributed by atoms with Gasteiger partial charge < -0.3 is 19.9 Å². The molecule has 0 saturated carbocycles. The van der Waals surface area contributed by atoms with E-state index in [-0.39, 0.29) is 11.7 Å². The first-order valence-electron chi connectivity index (χ1n) is 9.74. The number of ether oxygens (including phenoxy) is 1. The summed E-state index contributed by atoms with van der Waals surface area (Å²) in [7, 11) is 0. The van der Waals surface area contributed by atoms with Crippen LogP contribution in [-0.2, 0) is 4.74 Å². The molecule has 1 aromatic heterocycles. The molecule has 0 aliphatic carbocycles. The van der Waals surface area contributed by atoms with E-state index in [4.69, 9.17) is 17.0 Å². The molecule has 7 nitrogen and oxygen atoms in total. The summed E-state index contributed by atoms with van der Waals surface area (Å²) in [6, 6.07) is 8.12. The summed E-state index contributed by atoms with van der Waals surface area (Å²) < 4.78 is 7.29. The molecule has 0 bridgehead atoms. The maximum Gasteiger partial charge on any atom is 0.326 e. The van der Waals surface area contributed by atoms with Crippen LogP contribution in [0.4, 0.5) is 0 Å². The van der Waals surface area contributed by atoms with Crippen LogP contribution >= 0.6 is 12.2 Å². The van der Waals surface area contributed by atoms with Gasteiger partial charge in [-0.1, -0.05) is 12.1 Å². The molecule has 2 aliphatic heterocycles. The molecule has 3 heterocycles. The van der Waals surface area contributed by atoms with E-state index in [0.29, 0.717) is 0 Å². The number of rotatable bonds is 4. The number of morpholine rings is 1. The van der Waals surface area contributed by atoms with Gasteiger partial charge in [-0.05, 0) is 37.2 Å². The number of piperidine rings is 1. The molecule has 0 atom stereocenters. The molecule has 0 radical (unpaired) electrons. The van der Waals surface area contributed by atoms with Gasteiger partial charge >= 0.3 is 5.69 Å². The van der Waals surface area contributed by atoms with Crippen LogP contribution in [0, 0.1) is 0 Å². The standard InChI is InChI=1S/C19H27N5O2S/c25-18-21-16-3-1-2-4-17(16)24(18)15-5-8-23(9-6-15)19(27)20-7-10-22-11-13-26-14-12-22/h1-4,15H,5-14H2,(H,20,27)(H,21,25). The molecule has 2 aromatic rings. The second kappa shape index (κ2) is 8.41. The lowest BCUT2D eigenvalue weighted by molar-refractivity contribution is 0.0388. The summed E-state index contributed by atoms with van der Waals surface area (Å²) in [5, 5.41) is 4.22. The quantitative estimate of drug-likeness (QED) is 0.766. The zero-order chi connectivity index (χ0) is 18.6. The lowest BCUT2D eigenvalue weighted by atomic mass is 10.0. The number of nitrogens with zero attached hydrogens (tertiary/aromatic N) is 3. The van der Waals surface area contributed by atoms with Crippen LogP contribution < -0.4 is 11.0 Å². The van der Waals surface area contributed by atoms with Crippen molar-refractivity contribution in [1.82, 2.24) is 24.7 Å². The van der Waals surface area contributed by atoms with Crippen LogP contribution in [0.25, 0.3) is 11.0 Å². The third-order valence-electron chi connectivity index (χ3n) is 5.55. The molecular formula is C19H27N5O2S. The number of hydrogen-bond donors (Lipinski definition) is 2. The Hall–Kier alpha value is -1.90. The normalized spacial score (nSPS) is 19.5. The highest BCUT2D eigenvalue weighted by Gasteiger charge is 2.24. The van der Waals surface area contributed by atoms with Crippen molar-refractivity contribution in [3.05, 3.63) is 34.7 Å². The van der Waals surface area contributed by atoms with E-state index in [1.807, 2.05) is 28.8 Å². The van der Waals surface area contributed by atoms with E-state index in [9.17, 15) is 4.79 Å². The van der Waals surface area contributed by atoms with Crippen molar-refractivity contribution in [3.63, 3.8) is 0 Å². The largest absolute Gasteiger partial charge is 0.379 e. The van der Waals surface area contributed by atoms with Gasteiger partial charge in [0.2, 0.25) is 0 Å². The minimum absolute atomic E-state index is 0.0131. The number of para-hydroxylation sites is 2. The van der Waals surface area contributed by atoms with E-state index in [0.717, 1.165) is 81.5 Å². The first-order chi connectivity index (χ1) is 13.2. The smallest absolute Gasteiger partial charge is 0.326 e. The zero-order valence-electron chi connectivity index (χ0n) is 15.5. The topological polar surface area (TPSA) is 65.5 Å². The number of hydrogen-bond acceptors (Lipinski definition) is 4. The van der Waals surface area contributed by atoms with Crippen molar-refractivity contribution in [3.8, 4) is 0 Å². The number of nitrogens with one attached hydrogen (secondary N) is 2. The van der Waals surface area contributed by atoms with Crippen LogP contribution in [0.5, 0.6) is 0 Å². The summed E-state index contributed by atoms with van der Waals surface area (Å²) >= 11 is 5.58. The fraction of sp³-hybridized carbons (Fsp3) is 0.579. The molecule has 2 aliphatic rings. The van der Waals surface area contributed by atoms with E-state index in [1.165, 1.54) is 0 Å². The Morgan fingerprint density at radius 2 is 1.93 bits per heavy atom.